The standard InChI is InChI=1S/C14H11N3O2/c1-10-3-2-4-12(7-10)16-13-6-5-11(9-15)8-14(13)17(18)19/h2-8,16H,1H3. The summed E-state index contributed by atoms with van der Waals surface area (Å²) in [6.45, 7) is 1.94. The van der Waals surface area contributed by atoms with Gasteiger partial charge in [-0.3, -0.25) is 10.1 Å². The molecule has 2 aromatic rings. The Kier molecular flexibility index (Phi) is 3.44. The first-order valence-electron chi connectivity index (χ1n) is 5.62. The van der Waals surface area contributed by atoms with Gasteiger partial charge in [-0.25, -0.2) is 0 Å². The van der Waals surface area contributed by atoms with Gasteiger partial charge in [0.25, 0.3) is 5.69 Å². The van der Waals surface area contributed by atoms with Crippen molar-refractivity contribution in [1.82, 2.24) is 0 Å². The molecular weight excluding hydrogens is 242 g/mol. The number of nitrogens with zero attached hydrogens (tertiary/aromatic N) is 2. The Hall–Kier alpha value is -2.87. The van der Waals surface area contributed by atoms with Crippen molar-refractivity contribution in [2.75, 3.05) is 5.32 Å². The van der Waals surface area contributed by atoms with Crippen LogP contribution in [0.2, 0.25) is 0 Å². The van der Waals surface area contributed by atoms with Gasteiger partial charge in [0, 0.05) is 11.8 Å². The minimum absolute atomic E-state index is 0.111. The number of nitriles is 1. The zero-order valence-electron chi connectivity index (χ0n) is 10.3. The van der Waals surface area contributed by atoms with Crippen molar-refractivity contribution >= 4 is 17.1 Å². The highest BCUT2D eigenvalue weighted by Crippen LogP contribution is 2.28. The molecule has 0 aliphatic heterocycles. The third-order valence-corrected chi connectivity index (χ3v) is 2.62. The van der Waals surface area contributed by atoms with E-state index < -0.39 is 4.92 Å². The van der Waals surface area contributed by atoms with Crippen LogP contribution in [0, 0.1) is 28.4 Å². The van der Waals surface area contributed by atoms with Gasteiger partial charge in [-0.1, -0.05) is 12.1 Å². The maximum Gasteiger partial charge on any atom is 0.293 e. The number of nitro groups is 1. The normalized spacial score (nSPS) is 9.68. The van der Waals surface area contributed by atoms with E-state index in [4.69, 9.17) is 5.26 Å². The third-order valence-electron chi connectivity index (χ3n) is 2.62. The number of hydrogen-bond acceptors (Lipinski definition) is 4. The average molecular weight is 253 g/mol. The molecule has 19 heavy (non-hydrogen) atoms. The molecule has 1 N–H and O–H groups in total. The lowest BCUT2D eigenvalue weighted by molar-refractivity contribution is -0.383. The van der Waals surface area contributed by atoms with Gasteiger partial charge in [0.1, 0.15) is 5.69 Å². The molecule has 0 unspecified atom stereocenters. The topological polar surface area (TPSA) is 79.0 Å². The predicted molar refractivity (Wildman–Crippen MR) is 72.3 cm³/mol. The molecule has 0 amide bonds. The first kappa shape index (κ1) is 12.6. The van der Waals surface area contributed by atoms with Gasteiger partial charge in [-0.05, 0) is 36.8 Å². The second-order valence-corrected chi connectivity index (χ2v) is 4.10. The maximum atomic E-state index is 11.0. The van der Waals surface area contributed by atoms with Crippen LogP contribution < -0.4 is 5.32 Å². The molecule has 0 saturated heterocycles. The summed E-state index contributed by atoms with van der Waals surface area (Å²) in [6, 6.07) is 13.8. The Labute approximate surface area is 110 Å². The molecule has 0 aliphatic rings. The Bertz CT molecular complexity index is 675. The number of nitrogens with one attached hydrogen (secondary N) is 1. The fraction of sp³-hybridized carbons (Fsp3) is 0.0714. The first-order valence-corrected chi connectivity index (χ1v) is 5.62. The van der Waals surface area contributed by atoms with Crippen molar-refractivity contribution in [3.8, 4) is 6.07 Å². The summed E-state index contributed by atoms with van der Waals surface area (Å²) in [4.78, 5) is 10.5. The number of rotatable bonds is 3. The van der Waals surface area contributed by atoms with Crippen LogP contribution in [-0.4, -0.2) is 4.92 Å². The van der Waals surface area contributed by atoms with Gasteiger partial charge in [0.15, 0.2) is 0 Å². The van der Waals surface area contributed by atoms with Crippen molar-refractivity contribution < 1.29 is 4.92 Å². The Morgan fingerprint density at radius 3 is 2.68 bits per heavy atom. The highest BCUT2D eigenvalue weighted by atomic mass is 16.6. The summed E-state index contributed by atoms with van der Waals surface area (Å²) < 4.78 is 0. The zero-order chi connectivity index (χ0) is 13.8. The molecule has 0 atom stereocenters. The second kappa shape index (κ2) is 5.19. The zero-order valence-corrected chi connectivity index (χ0v) is 10.3. The van der Waals surface area contributed by atoms with Gasteiger partial charge in [-0.2, -0.15) is 5.26 Å². The van der Waals surface area contributed by atoms with E-state index in [1.807, 2.05) is 37.3 Å². The van der Waals surface area contributed by atoms with E-state index in [0.29, 0.717) is 5.69 Å². The Morgan fingerprint density at radius 2 is 2.05 bits per heavy atom. The van der Waals surface area contributed by atoms with E-state index in [-0.39, 0.29) is 11.3 Å². The van der Waals surface area contributed by atoms with Crippen LogP contribution in [0.25, 0.3) is 0 Å². The molecule has 5 nitrogen and oxygen atoms in total. The number of nitro benzene ring substituents is 1. The van der Waals surface area contributed by atoms with Crippen LogP contribution in [-0.2, 0) is 0 Å². The number of hydrogen-bond donors (Lipinski definition) is 1. The lowest BCUT2D eigenvalue weighted by Crippen LogP contribution is -1.97. The van der Waals surface area contributed by atoms with Gasteiger partial charge < -0.3 is 5.32 Å². The number of benzene rings is 2. The van der Waals surface area contributed by atoms with E-state index in [9.17, 15) is 10.1 Å². The summed E-state index contributed by atoms with van der Waals surface area (Å²) in [5.41, 5.74) is 2.35. The summed E-state index contributed by atoms with van der Waals surface area (Å²) in [5, 5.41) is 22.8. The third kappa shape index (κ3) is 2.87. The molecule has 94 valence electrons. The molecule has 2 aromatic carbocycles. The van der Waals surface area contributed by atoms with Crippen LogP contribution in [0.3, 0.4) is 0 Å². The van der Waals surface area contributed by atoms with E-state index in [1.165, 1.54) is 6.07 Å². The summed E-state index contributed by atoms with van der Waals surface area (Å²) in [7, 11) is 0. The van der Waals surface area contributed by atoms with E-state index >= 15 is 0 Å². The van der Waals surface area contributed by atoms with Crippen molar-refractivity contribution in [3.05, 3.63) is 63.7 Å². The molecular formula is C14H11N3O2. The van der Waals surface area contributed by atoms with Crippen molar-refractivity contribution in [3.63, 3.8) is 0 Å². The van der Waals surface area contributed by atoms with Gasteiger partial charge in [-0.15, -0.1) is 0 Å². The van der Waals surface area contributed by atoms with Crippen molar-refractivity contribution in [2.24, 2.45) is 0 Å². The molecule has 0 aromatic heterocycles. The summed E-state index contributed by atoms with van der Waals surface area (Å²) >= 11 is 0. The predicted octanol–water partition coefficient (Wildman–Crippen LogP) is 3.52. The fourth-order valence-corrected chi connectivity index (χ4v) is 1.74. The highest BCUT2D eigenvalue weighted by molar-refractivity contribution is 5.71. The summed E-state index contributed by atoms with van der Waals surface area (Å²) in [6.07, 6.45) is 0. The van der Waals surface area contributed by atoms with Crippen molar-refractivity contribution in [2.45, 2.75) is 6.92 Å². The second-order valence-electron chi connectivity index (χ2n) is 4.10. The van der Waals surface area contributed by atoms with Crippen LogP contribution in [0.15, 0.2) is 42.5 Å². The molecule has 5 heteroatoms. The molecule has 0 bridgehead atoms. The molecule has 0 fully saturated rings. The maximum absolute atomic E-state index is 11.0. The average Bonchev–Trinajstić information content (AvgIpc) is 2.39. The van der Waals surface area contributed by atoms with E-state index in [2.05, 4.69) is 5.32 Å². The van der Waals surface area contributed by atoms with Crippen molar-refractivity contribution in [1.29, 1.82) is 5.26 Å². The van der Waals surface area contributed by atoms with E-state index in [1.54, 1.807) is 12.1 Å². The smallest absolute Gasteiger partial charge is 0.293 e. The number of anilines is 2. The van der Waals surface area contributed by atoms with Crippen LogP contribution in [0.1, 0.15) is 11.1 Å². The minimum atomic E-state index is -0.501. The van der Waals surface area contributed by atoms with Crippen LogP contribution in [0.5, 0.6) is 0 Å². The van der Waals surface area contributed by atoms with Crippen LogP contribution in [0.4, 0.5) is 17.1 Å². The fourth-order valence-electron chi connectivity index (χ4n) is 1.74. The lowest BCUT2D eigenvalue weighted by Gasteiger charge is -2.07. The highest BCUT2D eigenvalue weighted by Gasteiger charge is 2.14. The Balaban J connectivity index is 2.40. The quantitative estimate of drug-likeness (QED) is 0.670. The molecule has 2 rings (SSSR count). The molecule has 0 saturated carbocycles. The van der Waals surface area contributed by atoms with Gasteiger partial charge in [0.2, 0.25) is 0 Å². The van der Waals surface area contributed by atoms with Gasteiger partial charge >= 0.3 is 0 Å². The molecule has 0 radical (unpaired) electrons. The van der Waals surface area contributed by atoms with Crippen LogP contribution >= 0.6 is 0 Å². The van der Waals surface area contributed by atoms with Gasteiger partial charge in [0.05, 0.1) is 16.6 Å². The Morgan fingerprint density at radius 1 is 1.26 bits per heavy atom. The molecule has 0 heterocycles. The largest absolute Gasteiger partial charge is 0.350 e. The van der Waals surface area contributed by atoms with E-state index in [0.717, 1.165) is 11.3 Å². The lowest BCUT2D eigenvalue weighted by atomic mass is 10.1. The minimum Gasteiger partial charge on any atom is -0.350 e. The molecule has 0 spiro atoms. The first-order chi connectivity index (χ1) is 9.10. The number of aryl methyl sites for hydroxylation is 1. The summed E-state index contributed by atoms with van der Waals surface area (Å²) in [5.74, 6) is 0. The monoisotopic (exact) mass is 253 g/mol. The SMILES string of the molecule is Cc1cccc(Nc2ccc(C#N)cc2[N+](=O)[O-])c1. The molecule has 0 aliphatic carbocycles.